The number of allylic oxidation sites excluding steroid dienone is 3. The quantitative estimate of drug-likeness (QED) is 0.615. The van der Waals surface area contributed by atoms with Crippen LogP contribution >= 0.6 is 23.4 Å². The molecule has 1 amide bonds. The first-order chi connectivity index (χ1) is 12.6. The summed E-state index contributed by atoms with van der Waals surface area (Å²) in [4.78, 5) is 14.7. The van der Waals surface area contributed by atoms with Crippen molar-refractivity contribution in [2.45, 2.75) is 26.4 Å². The number of ether oxygens (including phenoxy) is 1. The highest BCUT2D eigenvalue weighted by Crippen LogP contribution is 2.39. The second-order valence-electron chi connectivity index (χ2n) is 6.71. The largest absolute Gasteiger partial charge is 0.443 e. The van der Waals surface area contributed by atoms with Gasteiger partial charge >= 0.3 is 6.09 Å². The normalized spacial score (nSPS) is 15.3. The fourth-order valence-electron chi connectivity index (χ4n) is 2.27. The molecule has 1 aliphatic heterocycles. The van der Waals surface area contributed by atoms with Crippen molar-refractivity contribution in [1.29, 1.82) is 10.5 Å². The summed E-state index contributed by atoms with van der Waals surface area (Å²) in [6.07, 6.45) is 1.13. The van der Waals surface area contributed by atoms with Crippen molar-refractivity contribution in [1.82, 2.24) is 4.90 Å². The van der Waals surface area contributed by atoms with Crippen molar-refractivity contribution in [2.24, 2.45) is 0 Å². The Balaban J connectivity index is 2.51. The fraction of sp³-hybridized carbons (Fsp3) is 0.250. The molecular weight excluding hydrogens is 382 g/mol. The molecule has 0 aromatic heterocycles. The Kier molecular flexibility index (Phi) is 6.38. The number of hydrogen-bond acceptors (Lipinski definition) is 5. The zero-order valence-corrected chi connectivity index (χ0v) is 16.8. The highest BCUT2D eigenvalue weighted by atomic mass is 35.5. The van der Waals surface area contributed by atoms with Gasteiger partial charge in [-0.25, -0.2) is 4.79 Å². The summed E-state index contributed by atoms with van der Waals surface area (Å²) in [6, 6.07) is 10.6. The Hall–Kier alpha value is -2.67. The number of nitrogens with zero attached hydrogens (tertiary/aromatic N) is 3. The molecule has 0 radical (unpaired) electrons. The van der Waals surface area contributed by atoms with Gasteiger partial charge in [0.15, 0.2) is 0 Å². The van der Waals surface area contributed by atoms with E-state index in [0.717, 1.165) is 4.91 Å². The Morgan fingerprint density at radius 2 is 1.89 bits per heavy atom. The van der Waals surface area contributed by atoms with Crippen LogP contribution in [0.15, 0.2) is 52.4 Å². The van der Waals surface area contributed by atoms with Crippen LogP contribution in [0.2, 0.25) is 5.02 Å². The highest BCUT2D eigenvalue weighted by Gasteiger charge is 2.31. The van der Waals surface area contributed by atoms with Crippen molar-refractivity contribution in [2.75, 3.05) is 6.54 Å². The van der Waals surface area contributed by atoms with Crippen molar-refractivity contribution < 1.29 is 9.53 Å². The smallest absolute Gasteiger partial charge is 0.415 e. The van der Waals surface area contributed by atoms with E-state index in [2.05, 4.69) is 6.58 Å². The average molecular weight is 400 g/mol. The number of carbonyl (C=O) groups excluding carboxylic acids is 1. The van der Waals surface area contributed by atoms with Gasteiger partial charge in [-0.1, -0.05) is 42.1 Å². The summed E-state index contributed by atoms with van der Waals surface area (Å²) >= 11 is 7.24. The number of benzene rings is 1. The van der Waals surface area contributed by atoms with Gasteiger partial charge in [0.05, 0.1) is 11.6 Å². The summed E-state index contributed by atoms with van der Waals surface area (Å²) in [7, 11) is 0. The van der Waals surface area contributed by atoms with Gasteiger partial charge in [-0.15, -0.1) is 0 Å². The van der Waals surface area contributed by atoms with E-state index in [4.69, 9.17) is 16.3 Å². The van der Waals surface area contributed by atoms with E-state index in [1.54, 1.807) is 51.1 Å². The van der Waals surface area contributed by atoms with Crippen LogP contribution in [-0.4, -0.2) is 23.1 Å². The van der Waals surface area contributed by atoms with Gasteiger partial charge < -0.3 is 4.74 Å². The third-order valence-electron chi connectivity index (χ3n) is 3.38. The zero-order chi connectivity index (χ0) is 20.2. The fourth-order valence-corrected chi connectivity index (χ4v) is 3.31. The molecule has 1 fully saturated rings. The molecule has 0 atom stereocenters. The number of hydrogen-bond donors (Lipinski definition) is 0. The van der Waals surface area contributed by atoms with E-state index in [-0.39, 0.29) is 5.57 Å². The summed E-state index contributed by atoms with van der Waals surface area (Å²) in [6.45, 7) is 9.58. The molecule has 1 heterocycles. The monoisotopic (exact) mass is 399 g/mol. The van der Waals surface area contributed by atoms with Gasteiger partial charge in [0.25, 0.3) is 0 Å². The van der Waals surface area contributed by atoms with E-state index < -0.39 is 11.7 Å². The summed E-state index contributed by atoms with van der Waals surface area (Å²) in [5, 5.41) is 19.8. The molecule has 1 aromatic carbocycles. The van der Waals surface area contributed by atoms with Crippen LogP contribution in [0.1, 0.15) is 26.3 Å². The predicted octanol–water partition coefficient (Wildman–Crippen LogP) is 5.48. The lowest BCUT2D eigenvalue weighted by Gasteiger charge is -2.24. The van der Waals surface area contributed by atoms with Crippen molar-refractivity contribution in [3.05, 3.63) is 63.0 Å². The maximum absolute atomic E-state index is 12.5. The van der Waals surface area contributed by atoms with Gasteiger partial charge in [0.1, 0.15) is 23.3 Å². The zero-order valence-electron chi connectivity index (χ0n) is 15.2. The topological polar surface area (TPSA) is 77.1 Å². The first-order valence-corrected chi connectivity index (χ1v) is 9.22. The molecule has 5 nitrogen and oxygen atoms in total. The second-order valence-corrected chi connectivity index (χ2v) is 8.35. The minimum atomic E-state index is -0.643. The third-order valence-corrected chi connectivity index (χ3v) is 4.60. The third kappa shape index (κ3) is 5.40. The van der Waals surface area contributed by atoms with Crippen LogP contribution in [-0.2, 0) is 4.74 Å². The molecule has 0 saturated carbocycles. The van der Waals surface area contributed by atoms with Gasteiger partial charge in [0.2, 0.25) is 0 Å². The minimum absolute atomic E-state index is 0.0629. The average Bonchev–Trinajstić information content (AvgIpc) is 2.95. The molecule has 7 heteroatoms. The molecule has 1 saturated heterocycles. The lowest BCUT2D eigenvalue weighted by Crippen LogP contribution is -2.34. The predicted molar refractivity (Wildman–Crippen MR) is 107 cm³/mol. The molecule has 0 aliphatic carbocycles. The molecule has 0 unspecified atom stereocenters. The number of halogens is 1. The Morgan fingerprint density at radius 1 is 1.30 bits per heavy atom. The molecular formula is C20H18ClN3O2S. The lowest BCUT2D eigenvalue weighted by molar-refractivity contribution is 0.0350. The van der Waals surface area contributed by atoms with Crippen molar-refractivity contribution in [3.8, 4) is 12.1 Å². The van der Waals surface area contributed by atoms with E-state index in [1.807, 2.05) is 12.1 Å². The van der Waals surface area contributed by atoms with E-state index in [1.165, 1.54) is 16.7 Å². The number of thioether (sulfide) groups is 1. The second kappa shape index (κ2) is 8.35. The molecule has 0 bridgehead atoms. The van der Waals surface area contributed by atoms with Crippen molar-refractivity contribution >= 4 is 35.0 Å². The van der Waals surface area contributed by atoms with Gasteiger partial charge in [-0.2, -0.15) is 10.5 Å². The van der Waals surface area contributed by atoms with Crippen LogP contribution in [0.25, 0.3) is 5.57 Å². The molecule has 1 aromatic rings. The van der Waals surface area contributed by atoms with E-state index >= 15 is 0 Å². The number of rotatable bonds is 2. The molecule has 1 aliphatic rings. The Labute approximate surface area is 168 Å². The number of amides is 1. The molecule has 138 valence electrons. The molecule has 0 spiro atoms. The van der Waals surface area contributed by atoms with Gasteiger partial charge in [0, 0.05) is 15.5 Å². The van der Waals surface area contributed by atoms with Crippen LogP contribution in [0.4, 0.5) is 4.79 Å². The van der Waals surface area contributed by atoms with Gasteiger partial charge in [-0.3, -0.25) is 4.90 Å². The van der Waals surface area contributed by atoms with Crippen LogP contribution in [0.5, 0.6) is 0 Å². The summed E-state index contributed by atoms with van der Waals surface area (Å²) in [5.41, 5.74) is 0.345. The van der Waals surface area contributed by atoms with Crippen LogP contribution < -0.4 is 0 Å². The summed E-state index contributed by atoms with van der Waals surface area (Å²) < 4.78 is 5.44. The maximum atomic E-state index is 12.5. The molecule has 2 rings (SSSR count). The van der Waals surface area contributed by atoms with Crippen LogP contribution in [0.3, 0.4) is 0 Å². The van der Waals surface area contributed by atoms with Crippen molar-refractivity contribution in [3.63, 3.8) is 0 Å². The summed E-state index contributed by atoms with van der Waals surface area (Å²) in [5.74, 6) is 0. The SMILES string of the molecule is C=C1CN(C(=O)OC(C)(C)C)/C(=C\C(=C(C#N)C#N)c2ccc(Cl)cc2)S1. The van der Waals surface area contributed by atoms with Crippen LogP contribution in [0, 0.1) is 22.7 Å². The minimum Gasteiger partial charge on any atom is -0.443 e. The lowest BCUT2D eigenvalue weighted by atomic mass is 10.0. The molecule has 0 N–H and O–H groups in total. The Morgan fingerprint density at radius 3 is 2.41 bits per heavy atom. The first-order valence-electron chi connectivity index (χ1n) is 8.03. The van der Waals surface area contributed by atoms with Gasteiger partial charge in [-0.05, 0) is 44.5 Å². The number of carbonyl (C=O) groups is 1. The Bertz CT molecular complexity index is 897. The maximum Gasteiger partial charge on any atom is 0.415 e. The van der Waals surface area contributed by atoms with E-state index in [9.17, 15) is 15.3 Å². The number of nitriles is 2. The molecule has 27 heavy (non-hydrogen) atoms. The van der Waals surface area contributed by atoms with E-state index in [0.29, 0.717) is 27.7 Å². The first kappa shape index (κ1) is 20.6. The standard InChI is InChI=1S/C20H18ClN3O2S/c1-13-12-24(19(25)26-20(2,3)4)18(27-13)9-17(15(10-22)11-23)14-5-7-16(21)8-6-14/h5-9H,1,12H2,2-4H3/b18-9+. The highest BCUT2D eigenvalue weighted by molar-refractivity contribution is 8.07.